The van der Waals surface area contributed by atoms with Gasteiger partial charge >= 0.3 is 0 Å². The van der Waals surface area contributed by atoms with Crippen molar-refractivity contribution in [2.75, 3.05) is 19.7 Å². The summed E-state index contributed by atoms with van der Waals surface area (Å²) >= 11 is 0. The summed E-state index contributed by atoms with van der Waals surface area (Å²) in [6.45, 7) is 4.69. The molecule has 1 unspecified atom stereocenters. The maximum atomic E-state index is 12.9. The smallest absolute Gasteiger partial charge is 0.224 e. The molecule has 1 aliphatic rings. The van der Waals surface area contributed by atoms with Crippen LogP contribution < -0.4 is 4.74 Å². The number of aryl methyl sites for hydroxylation is 2. The van der Waals surface area contributed by atoms with Crippen molar-refractivity contribution in [3.8, 4) is 5.75 Å². The number of likely N-dealkylation sites (tertiary alicyclic amines) is 1. The lowest BCUT2D eigenvalue weighted by Crippen LogP contribution is -2.41. The summed E-state index contributed by atoms with van der Waals surface area (Å²) in [4.78, 5) is 18.6. The standard InChI is InChI=1S/C19H24FN3O2/c1-15-21-9-12-22(15)11-8-19(24)23-10-2-3-16(13-23)14-25-18-6-4-17(20)5-7-18/h4-7,9,12,16H,2-3,8,10-11,13-14H2,1H3. The zero-order valence-corrected chi connectivity index (χ0v) is 14.5. The van der Waals surface area contributed by atoms with E-state index in [1.165, 1.54) is 12.1 Å². The number of rotatable bonds is 6. The summed E-state index contributed by atoms with van der Waals surface area (Å²) in [5, 5.41) is 0. The summed E-state index contributed by atoms with van der Waals surface area (Å²) in [5.74, 6) is 1.82. The highest BCUT2D eigenvalue weighted by atomic mass is 19.1. The van der Waals surface area contributed by atoms with E-state index in [2.05, 4.69) is 4.98 Å². The van der Waals surface area contributed by atoms with Gasteiger partial charge in [-0.05, 0) is 44.0 Å². The zero-order chi connectivity index (χ0) is 17.6. The lowest BCUT2D eigenvalue weighted by atomic mass is 9.98. The topological polar surface area (TPSA) is 47.4 Å². The van der Waals surface area contributed by atoms with Crippen LogP contribution in [0.1, 0.15) is 25.1 Å². The Hall–Kier alpha value is -2.37. The van der Waals surface area contributed by atoms with Gasteiger partial charge in [-0.1, -0.05) is 0 Å². The van der Waals surface area contributed by atoms with Crippen LogP contribution in [0.4, 0.5) is 4.39 Å². The molecule has 6 heteroatoms. The van der Waals surface area contributed by atoms with Crippen molar-refractivity contribution in [3.63, 3.8) is 0 Å². The molecule has 0 radical (unpaired) electrons. The van der Waals surface area contributed by atoms with Crippen molar-refractivity contribution in [3.05, 3.63) is 48.3 Å². The average Bonchev–Trinajstić information content (AvgIpc) is 3.04. The van der Waals surface area contributed by atoms with E-state index in [4.69, 9.17) is 4.74 Å². The number of aromatic nitrogens is 2. The third-order valence-electron chi connectivity index (χ3n) is 4.66. The SMILES string of the molecule is Cc1nccn1CCC(=O)N1CCCC(COc2ccc(F)cc2)C1. The van der Waals surface area contributed by atoms with E-state index >= 15 is 0 Å². The lowest BCUT2D eigenvalue weighted by Gasteiger charge is -2.32. The molecule has 5 nitrogen and oxygen atoms in total. The van der Waals surface area contributed by atoms with Gasteiger partial charge in [-0.25, -0.2) is 9.37 Å². The molecule has 0 spiro atoms. The summed E-state index contributed by atoms with van der Waals surface area (Å²) < 4.78 is 20.7. The molecule has 0 N–H and O–H groups in total. The van der Waals surface area contributed by atoms with Crippen LogP contribution in [0.25, 0.3) is 0 Å². The molecule has 1 atom stereocenters. The molecule has 2 aromatic rings. The molecule has 0 bridgehead atoms. The van der Waals surface area contributed by atoms with Gasteiger partial charge in [0.1, 0.15) is 17.4 Å². The van der Waals surface area contributed by atoms with Crippen molar-refractivity contribution in [2.24, 2.45) is 5.92 Å². The first kappa shape index (κ1) is 17.5. The minimum Gasteiger partial charge on any atom is -0.493 e. The van der Waals surface area contributed by atoms with Crippen molar-refractivity contribution in [1.82, 2.24) is 14.5 Å². The lowest BCUT2D eigenvalue weighted by molar-refractivity contribution is -0.133. The first-order chi connectivity index (χ1) is 12.1. The minimum atomic E-state index is -0.269. The molecular formula is C19H24FN3O2. The van der Waals surface area contributed by atoms with E-state index in [1.807, 2.05) is 22.6 Å². The number of ether oxygens (including phenoxy) is 1. The van der Waals surface area contributed by atoms with Crippen molar-refractivity contribution in [1.29, 1.82) is 0 Å². The Bertz CT molecular complexity index is 699. The van der Waals surface area contributed by atoms with Crippen molar-refractivity contribution >= 4 is 5.91 Å². The normalized spacial score (nSPS) is 17.5. The van der Waals surface area contributed by atoms with Crippen LogP contribution in [0.5, 0.6) is 5.75 Å². The van der Waals surface area contributed by atoms with Gasteiger partial charge in [0, 0.05) is 44.4 Å². The van der Waals surface area contributed by atoms with Gasteiger partial charge in [0.05, 0.1) is 6.61 Å². The molecular weight excluding hydrogens is 321 g/mol. The Morgan fingerprint density at radius 1 is 1.36 bits per heavy atom. The van der Waals surface area contributed by atoms with Gasteiger partial charge in [-0.2, -0.15) is 0 Å². The number of nitrogens with zero attached hydrogens (tertiary/aromatic N) is 3. The van der Waals surface area contributed by atoms with Crippen LogP contribution >= 0.6 is 0 Å². The van der Waals surface area contributed by atoms with Gasteiger partial charge in [-0.3, -0.25) is 4.79 Å². The molecule has 1 aliphatic heterocycles. The second kappa shape index (κ2) is 8.14. The monoisotopic (exact) mass is 345 g/mol. The quantitative estimate of drug-likeness (QED) is 0.808. The molecule has 2 heterocycles. The van der Waals surface area contributed by atoms with Crippen LogP contribution in [0.2, 0.25) is 0 Å². The number of imidazole rings is 1. The highest BCUT2D eigenvalue weighted by molar-refractivity contribution is 5.76. The fourth-order valence-corrected chi connectivity index (χ4v) is 3.19. The number of hydrogen-bond acceptors (Lipinski definition) is 3. The maximum absolute atomic E-state index is 12.9. The van der Waals surface area contributed by atoms with E-state index in [0.29, 0.717) is 31.2 Å². The van der Waals surface area contributed by atoms with Crippen molar-refractivity contribution < 1.29 is 13.9 Å². The summed E-state index contributed by atoms with van der Waals surface area (Å²) in [5.41, 5.74) is 0. The van der Waals surface area contributed by atoms with Gasteiger partial charge in [0.2, 0.25) is 5.91 Å². The Morgan fingerprint density at radius 2 is 2.16 bits per heavy atom. The number of piperidine rings is 1. The number of benzene rings is 1. The summed E-state index contributed by atoms with van der Waals surface area (Å²) in [6, 6.07) is 6.05. The Labute approximate surface area is 147 Å². The molecule has 1 aromatic heterocycles. The average molecular weight is 345 g/mol. The molecule has 1 amide bonds. The van der Waals surface area contributed by atoms with Crippen molar-refractivity contribution in [2.45, 2.75) is 32.7 Å². The molecule has 3 rings (SSSR count). The Kier molecular flexibility index (Phi) is 5.68. The molecule has 1 fully saturated rings. The second-order valence-corrected chi connectivity index (χ2v) is 6.53. The zero-order valence-electron chi connectivity index (χ0n) is 14.5. The van der Waals surface area contributed by atoms with Crippen LogP contribution in [-0.4, -0.2) is 40.1 Å². The molecule has 25 heavy (non-hydrogen) atoms. The Balaban J connectivity index is 1.46. The maximum Gasteiger partial charge on any atom is 0.224 e. The number of halogens is 1. The van der Waals surface area contributed by atoms with Gasteiger partial charge in [0.25, 0.3) is 0 Å². The number of carbonyl (C=O) groups excluding carboxylic acids is 1. The highest BCUT2D eigenvalue weighted by Crippen LogP contribution is 2.20. The molecule has 1 saturated heterocycles. The molecule has 134 valence electrons. The molecule has 1 aromatic carbocycles. The van der Waals surface area contributed by atoms with Gasteiger partial charge < -0.3 is 14.2 Å². The Morgan fingerprint density at radius 3 is 2.88 bits per heavy atom. The predicted octanol–water partition coefficient (Wildman–Crippen LogP) is 3.04. The van der Waals surface area contributed by atoms with Crippen LogP contribution in [-0.2, 0) is 11.3 Å². The van der Waals surface area contributed by atoms with E-state index in [-0.39, 0.29) is 11.7 Å². The largest absolute Gasteiger partial charge is 0.493 e. The van der Waals surface area contributed by atoms with E-state index in [1.54, 1.807) is 18.3 Å². The van der Waals surface area contributed by atoms with E-state index in [9.17, 15) is 9.18 Å². The van der Waals surface area contributed by atoms with Crippen LogP contribution in [0.15, 0.2) is 36.7 Å². The first-order valence-electron chi connectivity index (χ1n) is 8.75. The predicted molar refractivity (Wildman–Crippen MR) is 92.8 cm³/mol. The highest BCUT2D eigenvalue weighted by Gasteiger charge is 2.24. The van der Waals surface area contributed by atoms with Crippen LogP contribution in [0.3, 0.4) is 0 Å². The number of amides is 1. The fraction of sp³-hybridized carbons (Fsp3) is 0.474. The first-order valence-corrected chi connectivity index (χ1v) is 8.75. The van der Waals surface area contributed by atoms with E-state index < -0.39 is 0 Å². The van der Waals surface area contributed by atoms with Gasteiger partial charge in [-0.15, -0.1) is 0 Å². The van der Waals surface area contributed by atoms with Crippen LogP contribution in [0, 0.1) is 18.7 Å². The van der Waals surface area contributed by atoms with Gasteiger partial charge in [0.15, 0.2) is 0 Å². The minimum absolute atomic E-state index is 0.180. The summed E-state index contributed by atoms with van der Waals surface area (Å²) in [7, 11) is 0. The number of carbonyl (C=O) groups is 1. The number of hydrogen-bond donors (Lipinski definition) is 0. The third-order valence-corrected chi connectivity index (χ3v) is 4.66. The summed E-state index contributed by atoms with van der Waals surface area (Å²) in [6.07, 6.45) is 6.18. The fourth-order valence-electron chi connectivity index (χ4n) is 3.19. The third kappa shape index (κ3) is 4.81. The second-order valence-electron chi connectivity index (χ2n) is 6.53. The van der Waals surface area contributed by atoms with E-state index in [0.717, 1.165) is 31.8 Å². The molecule has 0 saturated carbocycles. The molecule has 0 aliphatic carbocycles.